The van der Waals surface area contributed by atoms with Crippen LogP contribution in [-0.2, 0) is 23.8 Å². The second-order valence-electron chi connectivity index (χ2n) is 5.39. The number of ether oxygens (including phenoxy) is 3. The van der Waals surface area contributed by atoms with Gasteiger partial charge in [0.25, 0.3) is 0 Å². The average Bonchev–Trinajstić information content (AvgIpc) is 2.60. The van der Waals surface area contributed by atoms with Crippen molar-refractivity contribution in [1.82, 2.24) is 0 Å². The monoisotopic (exact) mass is 302 g/mol. The molecule has 21 heavy (non-hydrogen) atoms. The minimum Gasteiger partial charge on any atom is -0.472 e. The van der Waals surface area contributed by atoms with Gasteiger partial charge in [-0.1, -0.05) is 0 Å². The molecule has 0 amide bonds. The van der Waals surface area contributed by atoms with Crippen LogP contribution in [0.25, 0.3) is 0 Å². The summed E-state index contributed by atoms with van der Waals surface area (Å²) in [5.41, 5.74) is -1.83. The molecule has 0 spiro atoms. The first-order chi connectivity index (χ1) is 9.71. The van der Waals surface area contributed by atoms with Crippen molar-refractivity contribution in [3.05, 3.63) is 11.8 Å². The number of rotatable bonds is 2. The van der Waals surface area contributed by atoms with Gasteiger partial charge in [-0.05, 0) is 6.92 Å². The minimum absolute atomic E-state index is 0.0177. The number of aliphatic hydroxyl groups is 3. The summed E-state index contributed by atoms with van der Waals surface area (Å²) in [6, 6.07) is 0. The standard InChI is InChI=1S/C13H18O8/c1-5(14)21-9-7-6(11(16)19-3)4-20-12(17)8(7)13(2,18)10(9)15/h4,7-10,12,15,17-18H,1-3H3/t7-,8-,9+,10+,12?,13-/m1/s1. The van der Waals surface area contributed by atoms with Gasteiger partial charge in [-0.25, -0.2) is 4.79 Å². The van der Waals surface area contributed by atoms with Crippen LogP contribution < -0.4 is 0 Å². The Hall–Kier alpha value is -1.64. The van der Waals surface area contributed by atoms with Crippen LogP contribution in [0.4, 0.5) is 0 Å². The van der Waals surface area contributed by atoms with E-state index in [2.05, 4.69) is 4.74 Å². The van der Waals surface area contributed by atoms with E-state index in [4.69, 9.17) is 9.47 Å². The van der Waals surface area contributed by atoms with E-state index in [1.807, 2.05) is 0 Å². The van der Waals surface area contributed by atoms with Gasteiger partial charge in [0.2, 0.25) is 6.29 Å². The highest BCUT2D eigenvalue weighted by Crippen LogP contribution is 2.49. The minimum atomic E-state index is -1.81. The van der Waals surface area contributed by atoms with Crippen LogP contribution in [-0.4, -0.2) is 58.5 Å². The lowest BCUT2D eigenvalue weighted by Gasteiger charge is -2.36. The van der Waals surface area contributed by atoms with Gasteiger partial charge >= 0.3 is 11.9 Å². The molecule has 8 heteroatoms. The molecule has 1 aliphatic heterocycles. The molecule has 2 aliphatic rings. The molecule has 3 N–H and O–H groups in total. The summed E-state index contributed by atoms with van der Waals surface area (Å²) in [6.45, 7) is 2.43. The lowest BCUT2D eigenvalue weighted by molar-refractivity contribution is -0.179. The fourth-order valence-electron chi connectivity index (χ4n) is 3.07. The summed E-state index contributed by atoms with van der Waals surface area (Å²) >= 11 is 0. The quantitative estimate of drug-likeness (QED) is 0.537. The van der Waals surface area contributed by atoms with Crippen molar-refractivity contribution in [1.29, 1.82) is 0 Å². The third kappa shape index (κ3) is 2.39. The molecule has 0 radical (unpaired) electrons. The van der Waals surface area contributed by atoms with Gasteiger partial charge in [0.15, 0.2) is 0 Å². The Morgan fingerprint density at radius 1 is 1.38 bits per heavy atom. The number of hydrogen-bond acceptors (Lipinski definition) is 8. The van der Waals surface area contributed by atoms with Crippen LogP contribution in [0.3, 0.4) is 0 Å². The van der Waals surface area contributed by atoms with Crippen molar-refractivity contribution in [3.63, 3.8) is 0 Å². The van der Waals surface area contributed by atoms with E-state index >= 15 is 0 Å². The predicted molar refractivity (Wildman–Crippen MR) is 66.4 cm³/mol. The van der Waals surface area contributed by atoms with Gasteiger partial charge < -0.3 is 29.5 Å². The molecule has 1 unspecified atom stereocenters. The third-order valence-electron chi connectivity index (χ3n) is 4.05. The fraction of sp³-hybridized carbons (Fsp3) is 0.692. The zero-order valence-corrected chi connectivity index (χ0v) is 11.8. The number of carbonyl (C=O) groups excluding carboxylic acids is 2. The molecule has 1 saturated carbocycles. The van der Waals surface area contributed by atoms with E-state index in [0.29, 0.717) is 0 Å². The second-order valence-corrected chi connectivity index (χ2v) is 5.39. The summed E-state index contributed by atoms with van der Waals surface area (Å²) in [6.07, 6.45) is -3.12. The van der Waals surface area contributed by atoms with Crippen LogP contribution >= 0.6 is 0 Å². The molecule has 1 fully saturated rings. The van der Waals surface area contributed by atoms with Crippen LogP contribution in [0.2, 0.25) is 0 Å². The summed E-state index contributed by atoms with van der Waals surface area (Å²) in [7, 11) is 1.16. The van der Waals surface area contributed by atoms with E-state index in [1.165, 1.54) is 6.92 Å². The first kappa shape index (κ1) is 15.7. The first-order valence-electron chi connectivity index (χ1n) is 6.41. The normalized spacial score (nSPS) is 41.6. The Balaban J connectivity index is 2.48. The number of methoxy groups -OCH3 is 1. The van der Waals surface area contributed by atoms with Crippen molar-refractivity contribution >= 4 is 11.9 Å². The van der Waals surface area contributed by atoms with E-state index in [9.17, 15) is 24.9 Å². The Labute approximate surface area is 120 Å². The average molecular weight is 302 g/mol. The Morgan fingerprint density at radius 2 is 2.00 bits per heavy atom. The van der Waals surface area contributed by atoms with Gasteiger partial charge in [-0.15, -0.1) is 0 Å². The molecule has 1 aliphatic carbocycles. The van der Waals surface area contributed by atoms with Crippen molar-refractivity contribution in [2.75, 3.05) is 7.11 Å². The molecule has 1 heterocycles. The molecule has 118 valence electrons. The van der Waals surface area contributed by atoms with Crippen molar-refractivity contribution in [2.45, 2.75) is 37.9 Å². The van der Waals surface area contributed by atoms with Crippen molar-refractivity contribution in [2.24, 2.45) is 11.8 Å². The maximum Gasteiger partial charge on any atom is 0.337 e. The molecule has 8 nitrogen and oxygen atoms in total. The summed E-state index contributed by atoms with van der Waals surface area (Å²) < 4.78 is 14.6. The molecular weight excluding hydrogens is 284 g/mol. The van der Waals surface area contributed by atoms with E-state index in [-0.39, 0.29) is 5.57 Å². The molecule has 2 rings (SSSR count). The number of hydrogen-bond donors (Lipinski definition) is 3. The van der Waals surface area contributed by atoms with Gasteiger partial charge in [0, 0.05) is 12.8 Å². The molecule has 0 aromatic heterocycles. The summed E-state index contributed by atoms with van der Waals surface area (Å²) in [5, 5.41) is 30.6. The van der Waals surface area contributed by atoms with E-state index < -0.39 is 47.9 Å². The largest absolute Gasteiger partial charge is 0.472 e. The molecule has 0 aromatic carbocycles. The number of aliphatic hydroxyl groups excluding tert-OH is 2. The second kappa shape index (κ2) is 5.28. The highest BCUT2D eigenvalue weighted by atomic mass is 16.6. The van der Waals surface area contributed by atoms with Gasteiger partial charge in [0.05, 0.1) is 24.9 Å². The maximum atomic E-state index is 11.8. The van der Waals surface area contributed by atoms with Crippen LogP contribution in [0.5, 0.6) is 0 Å². The molecule has 0 bridgehead atoms. The highest BCUT2D eigenvalue weighted by molar-refractivity contribution is 5.89. The molecule has 0 aromatic rings. The Bertz CT molecular complexity index is 483. The maximum absolute atomic E-state index is 11.8. The van der Waals surface area contributed by atoms with Crippen LogP contribution in [0, 0.1) is 11.8 Å². The van der Waals surface area contributed by atoms with Crippen LogP contribution in [0.15, 0.2) is 11.8 Å². The van der Waals surface area contributed by atoms with Crippen molar-refractivity contribution < 1.29 is 39.1 Å². The smallest absolute Gasteiger partial charge is 0.337 e. The molecular formula is C13H18O8. The zero-order chi connectivity index (χ0) is 15.9. The summed E-state index contributed by atoms with van der Waals surface area (Å²) in [5.74, 6) is -3.41. The van der Waals surface area contributed by atoms with Crippen molar-refractivity contribution in [3.8, 4) is 0 Å². The lowest BCUT2D eigenvalue weighted by atomic mass is 9.81. The van der Waals surface area contributed by atoms with Crippen LogP contribution in [0.1, 0.15) is 13.8 Å². The first-order valence-corrected chi connectivity index (χ1v) is 6.41. The lowest BCUT2D eigenvalue weighted by Crippen LogP contribution is -2.48. The summed E-state index contributed by atoms with van der Waals surface area (Å²) in [4.78, 5) is 23.0. The van der Waals surface area contributed by atoms with E-state index in [1.54, 1.807) is 0 Å². The Morgan fingerprint density at radius 3 is 2.52 bits per heavy atom. The fourth-order valence-corrected chi connectivity index (χ4v) is 3.07. The Kier molecular flexibility index (Phi) is 3.96. The topological polar surface area (TPSA) is 123 Å². The van der Waals surface area contributed by atoms with Gasteiger partial charge in [-0.2, -0.15) is 0 Å². The zero-order valence-electron chi connectivity index (χ0n) is 11.8. The third-order valence-corrected chi connectivity index (χ3v) is 4.05. The number of fused-ring (bicyclic) bond motifs is 1. The van der Waals surface area contributed by atoms with E-state index in [0.717, 1.165) is 20.3 Å². The SMILES string of the molecule is COC(=O)C1=COC(O)[C@H]2[C@@H]1[C@H](OC(C)=O)[C@H](O)[C@]2(C)O. The van der Waals surface area contributed by atoms with Gasteiger partial charge in [-0.3, -0.25) is 4.79 Å². The highest BCUT2D eigenvalue weighted by Gasteiger charge is 2.64. The molecule has 0 saturated heterocycles. The predicted octanol–water partition coefficient (Wildman–Crippen LogP) is -1.32. The molecule has 6 atom stereocenters. The van der Waals surface area contributed by atoms with Gasteiger partial charge in [0.1, 0.15) is 17.8 Å². The number of carbonyl (C=O) groups is 2. The number of esters is 2.